The monoisotopic (exact) mass is 266 g/mol. The molecule has 18 heavy (non-hydrogen) atoms. The molecule has 0 aromatic carbocycles. The third kappa shape index (κ3) is 3.33. The molecule has 2 rings (SSSR count). The molecule has 3 nitrogen and oxygen atoms in total. The molecule has 1 heterocycles. The van der Waals surface area contributed by atoms with Gasteiger partial charge in [-0.05, 0) is 43.2 Å². The number of nitrogens with two attached hydrogens (primary N) is 1. The van der Waals surface area contributed by atoms with E-state index in [-0.39, 0.29) is 11.9 Å². The van der Waals surface area contributed by atoms with Gasteiger partial charge in [-0.3, -0.25) is 4.79 Å². The molecule has 0 radical (unpaired) electrons. The average Bonchev–Trinajstić information content (AvgIpc) is 2.84. The van der Waals surface area contributed by atoms with E-state index >= 15 is 0 Å². The predicted molar refractivity (Wildman–Crippen MR) is 75.6 cm³/mol. The molecule has 1 aromatic heterocycles. The molecule has 1 aliphatic carbocycles. The van der Waals surface area contributed by atoms with E-state index in [0.29, 0.717) is 12.5 Å². The molecule has 0 saturated carbocycles. The Morgan fingerprint density at radius 3 is 2.94 bits per heavy atom. The number of fused-ring (bicyclic) bond motifs is 1. The number of nitrogens with one attached hydrogen (secondary N) is 1. The number of thiophene rings is 1. The molecule has 1 atom stereocenters. The average molecular weight is 266 g/mol. The predicted octanol–water partition coefficient (Wildman–Crippen LogP) is 2.23. The van der Waals surface area contributed by atoms with Gasteiger partial charge in [0.2, 0.25) is 5.91 Å². The summed E-state index contributed by atoms with van der Waals surface area (Å²) in [7, 11) is 0. The van der Waals surface area contributed by atoms with Crippen molar-refractivity contribution < 1.29 is 4.79 Å². The molecule has 1 aliphatic rings. The fourth-order valence-electron chi connectivity index (χ4n) is 2.40. The van der Waals surface area contributed by atoms with Crippen molar-refractivity contribution in [2.45, 2.75) is 52.1 Å². The van der Waals surface area contributed by atoms with Crippen LogP contribution in [0.25, 0.3) is 0 Å². The van der Waals surface area contributed by atoms with Crippen LogP contribution in [0.3, 0.4) is 0 Å². The van der Waals surface area contributed by atoms with E-state index in [1.165, 1.54) is 34.6 Å². The van der Waals surface area contributed by atoms with Crippen LogP contribution in [0.4, 0.5) is 0 Å². The van der Waals surface area contributed by atoms with Gasteiger partial charge in [0, 0.05) is 9.75 Å². The van der Waals surface area contributed by atoms with Crippen molar-refractivity contribution in [2.75, 3.05) is 0 Å². The molecule has 0 spiro atoms. The number of aryl methyl sites for hydroxylation is 2. The van der Waals surface area contributed by atoms with Gasteiger partial charge in [-0.25, -0.2) is 0 Å². The summed E-state index contributed by atoms with van der Waals surface area (Å²) in [5.41, 5.74) is 7.33. The Kier molecular flexibility index (Phi) is 4.40. The van der Waals surface area contributed by atoms with Crippen molar-refractivity contribution in [3.8, 4) is 0 Å². The molecule has 100 valence electrons. The van der Waals surface area contributed by atoms with Gasteiger partial charge in [-0.15, -0.1) is 11.3 Å². The van der Waals surface area contributed by atoms with Gasteiger partial charge in [0.25, 0.3) is 0 Å². The van der Waals surface area contributed by atoms with Gasteiger partial charge in [-0.1, -0.05) is 13.8 Å². The number of amides is 1. The minimum atomic E-state index is -0.378. The summed E-state index contributed by atoms with van der Waals surface area (Å²) < 4.78 is 0. The number of rotatable bonds is 5. The first-order valence-corrected chi connectivity index (χ1v) is 7.51. The summed E-state index contributed by atoms with van der Waals surface area (Å²) in [6.07, 6.45) is 4.44. The first kappa shape index (κ1) is 13.6. The Balaban J connectivity index is 1.81. The molecule has 1 amide bonds. The van der Waals surface area contributed by atoms with Gasteiger partial charge in [-0.2, -0.15) is 0 Å². The second kappa shape index (κ2) is 5.85. The maximum Gasteiger partial charge on any atom is 0.237 e. The topological polar surface area (TPSA) is 55.1 Å². The quantitative estimate of drug-likeness (QED) is 0.858. The van der Waals surface area contributed by atoms with E-state index < -0.39 is 0 Å². The molecule has 3 N–H and O–H groups in total. The highest BCUT2D eigenvalue weighted by Crippen LogP contribution is 2.30. The van der Waals surface area contributed by atoms with Gasteiger partial charge in [0.15, 0.2) is 0 Å². The molecule has 0 unspecified atom stereocenters. The third-order valence-electron chi connectivity index (χ3n) is 3.30. The van der Waals surface area contributed by atoms with Crippen LogP contribution in [0.5, 0.6) is 0 Å². The van der Waals surface area contributed by atoms with E-state index in [0.717, 1.165) is 6.42 Å². The van der Waals surface area contributed by atoms with Crippen molar-refractivity contribution in [1.29, 1.82) is 0 Å². The first-order valence-electron chi connectivity index (χ1n) is 6.70. The SMILES string of the molecule is CC(C)C[C@H](N)C(=O)NCc1cc2c(s1)CCC2. The second-order valence-corrected chi connectivity index (χ2v) is 6.69. The standard InChI is InChI=1S/C14H22N2OS/c1-9(2)6-12(15)14(17)16-8-11-7-10-4-3-5-13(10)18-11/h7,9,12H,3-6,8,15H2,1-2H3,(H,16,17)/t12-/m0/s1. The van der Waals surface area contributed by atoms with Crippen LogP contribution in [-0.4, -0.2) is 11.9 Å². The molecule has 0 aliphatic heterocycles. The zero-order valence-electron chi connectivity index (χ0n) is 11.2. The normalized spacial score (nSPS) is 15.8. The van der Waals surface area contributed by atoms with Gasteiger partial charge in [0.05, 0.1) is 12.6 Å². The van der Waals surface area contributed by atoms with Crippen LogP contribution in [0, 0.1) is 5.92 Å². The Hall–Kier alpha value is -0.870. The maximum absolute atomic E-state index is 11.8. The van der Waals surface area contributed by atoms with Gasteiger partial charge < -0.3 is 11.1 Å². The van der Waals surface area contributed by atoms with Crippen molar-refractivity contribution in [3.05, 3.63) is 21.4 Å². The molecule has 0 bridgehead atoms. The van der Waals surface area contributed by atoms with E-state index in [4.69, 9.17) is 5.73 Å². The number of carbonyl (C=O) groups excluding carboxylic acids is 1. The lowest BCUT2D eigenvalue weighted by atomic mass is 10.0. The van der Waals surface area contributed by atoms with E-state index in [1.807, 2.05) is 11.3 Å². The summed E-state index contributed by atoms with van der Waals surface area (Å²) in [5.74, 6) is 0.425. The second-order valence-electron chi connectivity index (χ2n) is 5.47. The third-order valence-corrected chi connectivity index (χ3v) is 4.53. The summed E-state index contributed by atoms with van der Waals surface area (Å²) in [5, 5.41) is 2.94. The van der Waals surface area contributed by atoms with E-state index in [2.05, 4.69) is 25.2 Å². The van der Waals surface area contributed by atoms with Crippen molar-refractivity contribution in [3.63, 3.8) is 0 Å². The number of hydrogen-bond acceptors (Lipinski definition) is 3. The zero-order chi connectivity index (χ0) is 13.1. The van der Waals surface area contributed by atoms with Crippen LogP contribution in [-0.2, 0) is 24.2 Å². The molecule has 4 heteroatoms. The van der Waals surface area contributed by atoms with Gasteiger partial charge >= 0.3 is 0 Å². The highest BCUT2D eigenvalue weighted by atomic mass is 32.1. The Morgan fingerprint density at radius 2 is 2.28 bits per heavy atom. The molecule has 0 saturated heterocycles. The summed E-state index contributed by atoms with van der Waals surface area (Å²) in [6.45, 7) is 4.79. The fourth-order valence-corrected chi connectivity index (χ4v) is 3.60. The van der Waals surface area contributed by atoms with Crippen LogP contribution in [0.1, 0.15) is 42.0 Å². The summed E-state index contributed by atoms with van der Waals surface area (Å²) in [6, 6.07) is 1.86. The Bertz CT molecular complexity index is 404. The first-order chi connectivity index (χ1) is 8.56. The molecular formula is C14H22N2OS. The van der Waals surface area contributed by atoms with E-state index in [9.17, 15) is 4.79 Å². The molecule has 1 aromatic rings. The minimum Gasteiger partial charge on any atom is -0.350 e. The lowest BCUT2D eigenvalue weighted by Crippen LogP contribution is -2.40. The lowest BCUT2D eigenvalue weighted by Gasteiger charge is -2.13. The zero-order valence-corrected chi connectivity index (χ0v) is 12.0. The lowest BCUT2D eigenvalue weighted by molar-refractivity contribution is -0.122. The van der Waals surface area contributed by atoms with Crippen molar-refractivity contribution in [1.82, 2.24) is 5.32 Å². The molecular weight excluding hydrogens is 244 g/mol. The van der Waals surface area contributed by atoms with Crippen molar-refractivity contribution in [2.24, 2.45) is 11.7 Å². The number of hydrogen-bond donors (Lipinski definition) is 2. The number of carbonyl (C=O) groups is 1. The van der Waals surface area contributed by atoms with Gasteiger partial charge in [0.1, 0.15) is 0 Å². The van der Waals surface area contributed by atoms with Crippen LogP contribution >= 0.6 is 11.3 Å². The van der Waals surface area contributed by atoms with Crippen molar-refractivity contribution >= 4 is 17.2 Å². The fraction of sp³-hybridized carbons (Fsp3) is 0.643. The largest absolute Gasteiger partial charge is 0.350 e. The highest BCUT2D eigenvalue weighted by Gasteiger charge is 2.17. The summed E-state index contributed by atoms with van der Waals surface area (Å²) in [4.78, 5) is 14.6. The molecule has 0 fully saturated rings. The smallest absolute Gasteiger partial charge is 0.237 e. The van der Waals surface area contributed by atoms with Crippen LogP contribution < -0.4 is 11.1 Å². The highest BCUT2D eigenvalue weighted by molar-refractivity contribution is 7.12. The Labute approximate surface area is 113 Å². The Morgan fingerprint density at radius 1 is 1.50 bits per heavy atom. The maximum atomic E-state index is 11.8. The van der Waals surface area contributed by atoms with Crippen LogP contribution in [0.2, 0.25) is 0 Å². The van der Waals surface area contributed by atoms with Crippen LogP contribution in [0.15, 0.2) is 6.07 Å². The summed E-state index contributed by atoms with van der Waals surface area (Å²) >= 11 is 1.83. The van der Waals surface area contributed by atoms with E-state index in [1.54, 1.807) is 0 Å². The minimum absolute atomic E-state index is 0.0303.